The van der Waals surface area contributed by atoms with E-state index in [0.717, 1.165) is 10.6 Å². The smallest absolute Gasteiger partial charge is 0.442 e. The standard InChI is InChI=1S/C16H22N2O6/c1-4-8-15(20)24-18(11-14(19)17(2)22-3)16(21)23-12-13-9-6-5-7-10-13/h5-7,9-10H,4,8,11-12H2,1-3H3. The second-order valence-corrected chi connectivity index (χ2v) is 4.86. The largest absolute Gasteiger partial charge is 0.444 e. The van der Waals surface area contributed by atoms with Crippen molar-refractivity contribution in [3.63, 3.8) is 0 Å². The van der Waals surface area contributed by atoms with Crippen LogP contribution >= 0.6 is 0 Å². The van der Waals surface area contributed by atoms with Crippen LogP contribution in [-0.4, -0.2) is 48.8 Å². The van der Waals surface area contributed by atoms with Gasteiger partial charge in [-0.05, 0) is 12.0 Å². The lowest BCUT2D eigenvalue weighted by molar-refractivity contribution is -0.193. The normalized spacial score (nSPS) is 9.96. The van der Waals surface area contributed by atoms with Gasteiger partial charge in [0.15, 0.2) is 0 Å². The van der Waals surface area contributed by atoms with Crippen LogP contribution in [0.3, 0.4) is 0 Å². The number of ether oxygens (including phenoxy) is 1. The van der Waals surface area contributed by atoms with E-state index in [2.05, 4.69) is 0 Å². The monoisotopic (exact) mass is 338 g/mol. The fourth-order valence-corrected chi connectivity index (χ4v) is 1.62. The molecule has 1 rings (SSSR count). The summed E-state index contributed by atoms with van der Waals surface area (Å²) >= 11 is 0. The molecule has 0 aromatic heterocycles. The quantitative estimate of drug-likeness (QED) is 0.706. The molecule has 1 aromatic rings. The second kappa shape index (κ2) is 10.2. The molecule has 0 saturated heterocycles. The lowest BCUT2D eigenvalue weighted by Gasteiger charge is -2.22. The molecule has 132 valence electrons. The van der Waals surface area contributed by atoms with Gasteiger partial charge in [0.1, 0.15) is 13.2 Å². The molecule has 0 aliphatic rings. The highest BCUT2D eigenvalue weighted by molar-refractivity contribution is 5.82. The predicted octanol–water partition coefficient (Wildman–Crippen LogP) is 1.90. The van der Waals surface area contributed by atoms with E-state index in [1.807, 2.05) is 6.07 Å². The molecule has 0 atom stereocenters. The Balaban J connectivity index is 2.69. The zero-order valence-corrected chi connectivity index (χ0v) is 14.1. The number of benzene rings is 1. The van der Waals surface area contributed by atoms with E-state index in [4.69, 9.17) is 14.4 Å². The molecule has 0 aliphatic carbocycles. The molecule has 0 fully saturated rings. The van der Waals surface area contributed by atoms with Crippen LogP contribution < -0.4 is 0 Å². The topological polar surface area (TPSA) is 85.4 Å². The van der Waals surface area contributed by atoms with E-state index in [9.17, 15) is 14.4 Å². The van der Waals surface area contributed by atoms with E-state index < -0.39 is 24.5 Å². The minimum absolute atomic E-state index is 0.00416. The van der Waals surface area contributed by atoms with Crippen molar-refractivity contribution in [1.29, 1.82) is 0 Å². The van der Waals surface area contributed by atoms with Gasteiger partial charge in [0.05, 0.1) is 7.11 Å². The molecule has 0 saturated carbocycles. The molecular formula is C16H22N2O6. The summed E-state index contributed by atoms with van der Waals surface area (Å²) in [4.78, 5) is 45.3. The van der Waals surface area contributed by atoms with Gasteiger partial charge in [-0.1, -0.05) is 37.3 Å². The van der Waals surface area contributed by atoms with Crippen LogP contribution in [0.1, 0.15) is 25.3 Å². The SMILES string of the molecule is CCCC(=O)ON(CC(=O)N(C)OC)C(=O)OCc1ccccc1. The summed E-state index contributed by atoms with van der Waals surface area (Å²) in [6.07, 6.45) is -0.254. The van der Waals surface area contributed by atoms with Crippen molar-refractivity contribution in [2.45, 2.75) is 26.4 Å². The van der Waals surface area contributed by atoms with Gasteiger partial charge < -0.3 is 9.57 Å². The zero-order valence-electron chi connectivity index (χ0n) is 14.1. The van der Waals surface area contributed by atoms with Gasteiger partial charge >= 0.3 is 12.1 Å². The first-order valence-corrected chi connectivity index (χ1v) is 7.47. The Kier molecular flexibility index (Phi) is 8.28. The van der Waals surface area contributed by atoms with Gasteiger partial charge in [0.25, 0.3) is 5.91 Å². The molecule has 1 aromatic carbocycles. The molecule has 8 heteroatoms. The molecule has 2 amide bonds. The zero-order chi connectivity index (χ0) is 17.9. The molecule has 0 N–H and O–H groups in total. The van der Waals surface area contributed by atoms with Gasteiger partial charge in [-0.25, -0.2) is 14.7 Å². The fraction of sp³-hybridized carbons (Fsp3) is 0.438. The van der Waals surface area contributed by atoms with Crippen LogP contribution in [0.15, 0.2) is 30.3 Å². The van der Waals surface area contributed by atoms with Gasteiger partial charge in [-0.15, -0.1) is 5.06 Å². The summed E-state index contributed by atoms with van der Waals surface area (Å²) in [6.45, 7) is 1.28. The summed E-state index contributed by atoms with van der Waals surface area (Å²) in [5.74, 6) is -1.19. The average molecular weight is 338 g/mol. The summed E-state index contributed by atoms with van der Waals surface area (Å²) in [6, 6.07) is 9.01. The molecule has 0 heterocycles. The van der Waals surface area contributed by atoms with Gasteiger partial charge in [0, 0.05) is 13.5 Å². The first-order valence-electron chi connectivity index (χ1n) is 7.47. The van der Waals surface area contributed by atoms with Crippen LogP contribution in [0.4, 0.5) is 4.79 Å². The maximum Gasteiger partial charge on any atom is 0.444 e. The van der Waals surface area contributed by atoms with Crippen molar-refractivity contribution in [2.75, 3.05) is 20.7 Å². The molecular weight excluding hydrogens is 316 g/mol. The molecule has 0 unspecified atom stereocenters. The highest BCUT2D eigenvalue weighted by Gasteiger charge is 2.25. The number of amides is 2. The number of hydrogen-bond donors (Lipinski definition) is 0. The number of hydroxylamine groups is 4. The minimum Gasteiger partial charge on any atom is -0.442 e. The first kappa shape index (κ1) is 19.4. The minimum atomic E-state index is -0.929. The van der Waals surface area contributed by atoms with E-state index in [1.54, 1.807) is 31.2 Å². The Labute approximate surface area is 140 Å². The Morgan fingerprint density at radius 1 is 1.12 bits per heavy atom. The Morgan fingerprint density at radius 2 is 1.79 bits per heavy atom. The average Bonchev–Trinajstić information content (AvgIpc) is 2.59. The molecule has 0 radical (unpaired) electrons. The maximum absolute atomic E-state index is 12.1. The Morgan fingerprint density at radius 3 is 2.38 bits per heavy atom. The van der Waals surface area contributed by atoms with E-state index in [0.29, 0.717) is 11.5 Å². The number of nitrogens with zero attached hydrogens (tertiary/aromatic N) is 2. The lowest BCUT2D eigenvalue weighted by Crippen LogP contribution is -2.42. The van der Waals surface area contributed by atoms with Crippen molar-refractivity contribution < 1.29 is 28.8 Å². The van der Waals surface area contributed by atoms with E-state index >= 15 is 0 Å². The lowest BCUT2D eigenvalue weighted by atomic mass is 10.2. The van der Waals surface area contributed by atoms with Crippen molar-refractivity contribution in [1.82, 2.24) is 10.1 Å². The number of rotatable bonds is 7. The van der Waals surface area contributed by atoms with Crippen molar-refractivity contribution in [3.05, 3.63) is 35.9 Å². The van der Waals surface area contributed by atoms with Gasteiger partial charge in [-0.2, -0.15) is 0 Å². The summed E-state index contributed by atoms with van der Waals surface area (Å²) in [5, 5.41) is 1.52. The third kappa shape index (κ3) is 6.66. The van der Waals surface area contributed by atoms with Crippen LogP contribution in [0, 0.1) is 0 Å². The summed E-state index contributed by atoms with van der Waals surface area (Å²) in [5.41, 5.74) is 0.769. The second-order valence-electron chi connectivity index (χ2n) is 4.86. The molecule has 24 heavy (non-hydrogen) atoms. The van der Waals surface area contributed by atoms with Crippen molar-refractivity contribution in [2.24, 2.45) is 0 Å². The Bertz CT molecular complexity index is 549. The summed E-state index contributed by atoms with van der Waals surface area (Å²) in [7, 11) is 2.68. The Hall–Kier alpha value is -2.61. The van der Waals surface area contributed by atoms with Crippen molar-refractivity contribution >= 4 is 18.0 Å². The van der Waals surface area contributed by atoms with Crippen LogP contribution in [0.25, 0.3) is 0 Å². The highest BCUT2D eigenvalue weighted by Crippen LogP contribution is 2.06. The maximum atomic E-state index is 12.1. The molecule has 8 nitrogen and oxygen atoms in total. The molecule has 0 bridgehead atoms. The van der Waals surface area contributed by atoms with Gasteiger partial charge in [-0.3, -0.25) is 9.63 Å². The van der Waals surface area contributed by atoms with Crippen LogP contribution in [0.2, 0.25) is 0 Å². The predicted molar refractivity (Wildman–Crippen MR) is 84.1 cm³/mol. The number of carbonyl (C=O) groups excluding carboxylic acids is 3. The van der Waals surface area contributed by atoms with Crippen LogP contribution in [-0.2, 0) is 30.6 Å². The van der Waals surface area contributed by atoms with Gasteiger partial charge in [0.2, 0.25) is 0 Å². The first-order chi connectivity index (χ1) is 11.5. The number of hydrogen-bond acceptors (Lipinski definition) is 6. The third-order valence-corrected chi connectivity index (χ3v) is 2.98. The fourth-order valence-electron chi connectivity index (χ4n) is 1.62. The van der Waals surface area contributed by atoms with Crippen LogP contribution in [0.5, 0.6) is 0 Å². The van der Waals surface area contributed by atoms with E-state index in [-0.39, 0.29) is 13.0 Å². The highest BCUT2D eigenvalue weighted by atomic mass is 16.8. The third-order valence-electron chi connectivity index (χ3n) is 2.98. The number of carbonyl (C=O) groups is 3. The van der Waals surface area contributed by atoms with Crippen molar-refractivity contribution in [3.8, 4) is 0 Å². The molecule has 0 spiro atoms. The number of likely N-dealkylation sites (N-methyl/N-ethyl adjacent to an activating group) is 1. The molecule has 0 aliphatic heterocycles. The summed E-state index contributed by atoms with van der Waals surface area (Å²) < 4.78 is 5.08. The van der Waals surface area contributed by atoms with E-state index in [1.165, 1.54) is 14.2 Å².